The van der Waals surface area contributed by atoms with Crippen LogP contribution in [-0.4, -0.2) is 23.6 Å². The molecular weight excluding hydrogens is 206 g/mol. The molecule has 0 spiro atoms. The van der Waals surface area contributed by atoms with E-state index in [1.54, 1.807) is 18.3 Å². The van der Waals surface area contributed by atoms with Crippen molar-refractivity contribution in [2.45, 2.75) is 13.5 Å². The largest absolute Gasteiger partial charge is 0.354 e. The van der Waals surface area contributed by atoms with Crippen LogP contribution in [-0.2, 0) is 11.3 Å². The molecule has 88 valence electrons. The van der Waals surface area contributed by atoms with Crippen molar-refractivity contribution in [3.05, 3.63) is 34.7 Å². The second-order valence-corrected chi connectivity index (χ2v) is 3.81. The van der Waals surface area contributed by atoms with E-state index >= 15 is 0 Å². The van der Waals surface area contributed by atoms with Gasteiger partial charge in [0.25, 0.3) is 5.56 Å². The Kier molecular flexibility index (Phi) is 4.72. The molecule has 1 unspecified atom stereocenters. The number of nitrogens with zero attached hydrogens (tertiary/aromatic N) is 1. The lowest BCUT2D eigenvalue weighted by Gasteiger charge is -2.10. The van der Waals surface area contributed by atoms with Gasteiger partial charge in [-0.1, -0.05) is 13.0 Å². The molecular formula is C11H17N3O2. The van der Waals surface area contributed by atoms with Crippen molar-refractivity contribution in [1.82, 2.24) is 9.88 Å². The smallest absolute Gasteiger partial charge is 0.250 e. The van der Waals surface area contributed by atoms with E-state index in [2.05, 4.69) is 5.32 Å². The maximum Gasteiger partial charge on any atom is 0.250 e. The summed E-state index contributed by atoms with van der Waals surface area (Å²) < 4.78 is 1.36. The maximum atomic E-state index is 11.5. The van der Waals surface area contributed by atoms with Gasteiger partial charge in [-0.25, -0.2) is 0 Å². The molecule has 5 heteroatoms. The Morgan fingerprint density at radius 1 is 1.56 bits per heavy atom. The molecule has 0 bridgehead atoms. The van der Waals surface area contributed by atoms with E-state index in [0.717, 1.165) is 0 Å². The molecule has 0 aliphatic heterocycles. The van der Waals surface area contributed by atoms with Crippen molar-refractivity contribution >= 4 is 5.91 Å². The fourth-order valence-corrected chi connectivity index (χ4v) is 1.17. The van der Waals surface area contributed by atoms with E-state index in [0.29, 0.717) is 13.1 Å². The van der Waals surface area contributed by atoms with Crippen LogP contribution in [0.15, 0.2) is 29.2 Å². The summed E-state index contributed by atoms with van der Waals surface area (Å²) in [6.45, 7) is 3.08. The van der Waals surface area contributed by atoms with Crippen LogP contribution in [0.2, 0.25) is 0 Å². The van der Waals surface area contributed by atoms with Gasteiger partial charge in [-0.2, -0.15) is 0 Å². The Labute approximate surface area is 94.3 Å². The fourth-order valence-electron chi connectivity index (χ4n) is 1.17. The third-order valence-electron chi connectivity index (χ3n) is 2.26. The summed E-state index contributed by atoms with van der Waals surface area (Å²) in [5.41, 5.74) is 5.25. The molecule has 1 amide bonds. The normalized spacial score (nSPS) is 12.1. The molecule has 1 aromatic heterocycles. The summed E-state index contributed by atoms with van der Waals surface area (Å²) in [5, 5.41) is 2.73. The fraction of sp³-hybridized carbons (Fsp3) is 0.455. The number of hydrogen-bond donors (Lipinski definition) is 2. The minimum Gasteiger partial charge on any atom is -0.354 e. The van der Waals surface area contributed by atoms with Crippen LogP contribution in [0.3, 0.4) is 0 Å². The lowest BCUT2D eigenvalue weighted by Crippen LogP contribution is -2.35. The highest BCUT2D eigenvalue weighted by molar-refractivity contribution is 5.75. The van der Waals surface area contributed by atoms with Crippen LogP contribution in [0.1, 0.15) is 6.92 Å². The van der Waals surface area contributed by atoms with E-state index in [-0.39, 0.29) is 23.9 Å². The van der Waals surface area contributed by atoms with Crippen LogP contribution in [0.4, 0.5) is 0 Å². The van der Waals surface area contributed by atoms with Crippen molar-refractivity contribution < 1.29 is 4.79 Å². The predicted octanol–water partition coefficient (Wildman–Crippen LogP) is -0.441. The number of hydrogen-bond acceptors (Lipinski definition) is 3. The van der Waals surface area contributed by atoms with Gasteiger partial charge < -0.3 is 15.6 Å². The topological polar surface area (TPSA) is 77.1 Å². The van der Waals surface area contributed by atoms with Crippen molar-refractivity contribution in [2.24, 2.45) is 11.7 Å². The number of amides is 1. The van der Waals surface area contributed by atoms with Gasteiger partial charge >= 0.3 is 0 Å². The first-order valence-corrected chi connectivity index (χ1v) is 5.25. The first kappa shape index (κ1) is 12.4. The van der Waals surface area contributed by atoms with Crippen molar-refractivity contribution in [3.8, 4) is 0 Å². The van der Waals surface area contributed by atoms with E-state index in [4.69, 9.17) is 5.73 Å². The number of aromatic nitrogens is 1. The molecule has 0 saturated heterocycles. The Balaban J connectivity index is 2.46. The van der Waals surface area contributed by atoms with E-state index in [9.17, 15) is 9.59 Å². The highest BCUT2D eigenvalue weighted by Crippen LogP contribution is 1.88. The average molecular weight is 223 g/mol. The molecule has 5 nitrogen and oxygen atoms in total. The molecule has 0 aliphatic rings. The number of rotatable bonds is 5. The number of nitrogens with two attached hydrogens (primary N) is 1. The van der Waals surface area contributed by atoms with Gasteiger partial charge in [-0.3, -0.25) is 9.59 Å². The van der Waals surface area contributed by atoms with E-state index < -0.39 is 0 Å². The highest BCUT2D eigenvalue weighted by atomic mass is 16.2. The van der Waals surface area contributed by atoms with Gasteiger partial charge in [0.05, 0.1) is 0 Å². The van der Waals surface area contributed by atoms with Crippen LogP contribution in [0.5, 0.6) is 0 Å². The zero-order valence-electron chi connectivity index (χ0n) is 9.35. The van der Waals surface area contributed by atoms with Gasteiger partial charge in [0.2, 0.25) is 5.91 Å². The first-order valence-electron chi connectivity index (χ1n) is 5.25. The summed E-state index contributed by atoms with van der Waals surface area (Å²) in [5.74, 6) is 0.0741. The zero-order chi connectivity index (χ0) is 12.0. The predicted molar refractivity (Wildman–Crippen MR) is 61.9 cm³/mol. The highest BCUT2D eigenvalue weighted by Gasteiger charge is 2.05. The van der Waals surface area contributed by atoms with Crippen molar-refractivity contribution in [1.29, 1.82) is 0 Å². The summed E-state index contributed by atoms with van der Waals surface area (Å²) in [6.07, 6.45) is 1.59. The van der Waals surface area contributed by atoms with Gasteiger partial charge in [-0.05, 0) is 18.5 Å². The molecule has 1 aromatic rings. The molecule has 0 aromatic carbocycles. The third-order valence-corrected chi connectivity index (χ3v) is 2.26. The third kappa shape index (κ3) is 3.86. The summed E-state index contributed by atoms with van der Waals surface area (Å²) in [4.78, 5) is 22.8. The van der Waals surface area contributed by atoms with Gasteiger partial charge in [0, 0.05) is 18.8 Å². The number of nitrogens with one attached hydrogen (secondary N) is 1. The molecule has 1 heterocycles. The number of pyridine rings is 1. The quantitative estimate of drug-likeness (QED) is 0.710. The van der Waals surface area contributed by atoms with Crippen LogP contribution in [0.25, 0.3) is 0 Å². The lowest BCUT2D eigenvalue weighted by atomic mass is 10.2. The maximum absolute atomic E-state index is 11.5. The van der Waals surface area contributed by atoms with Gasteiger partial charge in [0.1, 0.15) is 6.54 Å². The second-order valence-electron chi connectivity index (χ2n) is 3.81. The first-order chi connectivity index (χ1) is 7.63. The van der Waals surface area contributed by atoms with E-state index in [1.165, 1.54) is 10.6 Å². The molecule has 3 N–H and O–H groups in total. The second kappa shape index (κ2) is 6.07. The van der Waals surface area contributed by atoms with Crippen molar-refractivity contribution in [3.63, 3.8) is 0 Å². The summed E-state index contributed by atoms with van der Waals surface area (Å²) >= 11 is 0. The number of carbonyl (C=O) groups is 1. The molecule has 0 fully saturated rings. The molecule has 16 heavy (non-hydrogen) atoms. The van der Waals surface area contributed by atoms with Crippen molar-refractivity contribution in [2.75, 3.05) is 13.1 Å². The molecule has 0 saturated carbocycles. The monoisotopic (exact) mass is 223 g/mol. The standard InChI is InChI=1S/C11H17N3O2/c1-9(6-12)7-13-10(15)8-14-5-3-2-4-11(14)16/h2-5,9H,6-8,12H2,1H3,(H,13,15). The Hall–Kier alpha value is -1.62. The Bertz CT molecular complexity index is 400. The SMILES string of the molecule is CC(CN)CNC(=O)Cn1ccccc1=O. The Morgan fingerprint density at radius 3 is 2.94 bits per heavy atom. The van der Waals surface area contributed by atoms with Crippen LogP contribution in [0, 0.1) is 5.92 Å². The molecule has 0 aliphatic carbocycles. The average Bonchev–Trinajstić information content (AvgIpc) is 2.29. The summed E-state index contributed by atoms with van der Waals surface area (Å²) in [6, 6.07) is 4.79. The molecule has 1 rings (SSSR count). The van der Waals surface area contributed by atoms with Crippen LogP contribution < -0.4 is 16.6 Å². The zero-order valence-corrected chi connectivity index (χ0v) is 9.35. The Morgan fingerprint density at radius 2 is 2.31 bits per heavy atom. The number of carbonyl (C=O) groups excluding carboxylic acids is 1. The summed E-state index contributed by atoms with van der Waals surface area (Å²) in [7, 11) is 0. The van der Waals surface area contributed by atoms with Gasteiger partial charge in [0.15, 0.2) is 0 Å². The minimum absolute atomic E-state index is 0.0525. The molecule has 0 radical (unpaired) electrons. The lowest BCUT2D eigenvalue weighted by molar-refractivity contribution is -0.121. The van der Waals surface area contributed by atoms with Gasteiger partial charge in [-0.15, -0.1) is 0 Å². The van der Waals surface area contributed by atoms with E-state index in [1.807, 2.05) is 6.92 Å². The van der Waals surface area contributed by atoms with Crippen LogP contribution >= 0.6 is 0 Å². The molecule has 1 atom stereocenters. The minimum atomic E-state index is -0.176.